The van der Waals surface area contributed by atoms with Crippen molar-refractivity contribution < 1.29 is 14.2 Å². The summed E-state index contributed by atoms with van der Waals surface area (Å²) in [5.74, 6) is 2.41. The van der Waals surface area contributed by atoms with Crippen molar-refractivity contribution in [3.05, 3.63) is 71.9 Å². The van der Waals surface area contributed by atoms with Gasteiger partial charge < -0.3 is 14.2 Å². The predicted octanol–water partition coefficient (Wildman–Crippen LogP) is 5.68. The van der Waals surface area contributed by atoms with E-state index in [9.17, 15) is 0 Å². The first kappa shape index (κ1) is 20.3. The molecule has 0 radical (unpaired) electrons. The maximum Gasteiger partial charge on any atom is 0.128 e. The molecule has 0 aliphatic rings. The summed E-state index contributed by atoms with van der Waals surface area (Å²) in [5, 5.41) is 0. The van der Waals surface area contributed by atoms with Crippen LogP contribution in [-0.2, 0) is 6.61 Å². The lowest BCUT2D eigenvalue weighted by molar-refractivity contribution is 0.305. The molecule has 0 saturated carbocycles. The van der Waals surface area contributed by atoms with Crippen LogP contribution in [0.3, 0.4) is 0 Å². The maximum atomic E-state index is 5.96. The zero-order chi connectivity index (χ0) is 19.6. The van der Waals surface area contributed by atoms with Crippen molar-refractivity contribution in [1.82, 2.24) is 4.98 Å². The summed E-state index contributed by atoms with van der Waals surface area (Å²) in [7, 11) is 3.32. The average molecular weight is 365 g/mol. The van der Waals surface area contributed by atoms with Crippen molar-refractivity contribution in [2.24, 2.45) is 0 Å². The van der Waals surface area contributed by atoms with Gasteiger partial charge in [0.05, 0.1) is 19.9 Å². The molecule has 1 aromatic heterocycles. The number of nitrogens with zero attached hydrogens (tertiary/aromatic N) is 1. The van der Waals surface area contributed by atoms with Crippen LogP contribution in [0.1, 0.15) is 25.1 Å². The first-order chi connectivity index (χ1) is 13.2. The fraction of sp³-hybridized carbons (Fsp3) is 0.261. The minimum atomic E-state index is 0.485. The number of para-hydroxylation sites is 1. The summed E-state index contributed by atoms with van der Waals surface area (Å²) >= 11 is 0. The van der Waals surface area contributed by atoms with E-state index in [1.54, 1.807) is 14.2 Å². The lowest BCUT2D eigenvalue weighted by Gasteiger charge is -2.12. The number of benzene rings is 2. The third-order valence-electron chi connectivity index (χ3n) is 3.87. The van der Waals surface area contributed by atoms with Crippen molar-refractivity contribution in [1.29, 1.82) is 0 Å². The summed E-state index contributed by atoms with van der Waals surface area (Å²) in [6.07, 6.45) is 0. The van der Waals surface area contributed by atoms with E-state index in [1.807, 2.05) is 81.4 Å². The van der Waals surface area contributed by atoms with Gasteiger partial charge in [0.2, 0.25) is 0 Å². The molecule has 0 unspecified atom stereocenters. The minimum Gasteiger partial charge on any atom is -0.497 e. The van der Waals surface area contributed by atoms with Gasteiger partial charge in [-0.3, -0.25) is 4.98 Å². The van der Waals surface area contributed by atoms with Crippen LogP contribution in [-0.4, -0.2) is 19.2 Å². The van der Waals surface area contributed by atoms with Gasteiger partial charge in [0.1, 0.15) is 23.9 Å². The summed E-state index contributed by atoms with van der Waals surface area (Å²) in [6, 6.07) is 19.6. The van der Waals surface area contributed by atoms with Gasteiger partial charge in [-0.2, -0.15) is 0 Å². The molecule has 0 amide bonds. The quantitative estimate of drug-likeness (QED) is 0.563. The van der Waals surface area contributed by atoms with E-state index in [1.165, 1.54) is 0 Å². The number of aryl methyl sites for hydroxylation is 1. The van der Waals surface area contributed by atoms with Crippen LogP contribution in [0.5, 0.6) is 17.2 Å². The standard InChI is InChI=1S/C21H21NO3.C2H6/c1-15-12-18(25-14-16-8-10-17(23-2)11-9-16)13-20(22-15)19-6-4-5-7-21(19)24-3;1-2/h4-13H,14H2,1-3H3;1-2H3. The fourth-order valence-corrected chi connectivity index (χ4v) is 2.60. The highest BCUT2D eigenvalue weighted by molar-refractivity contribution is 5.68. The van der Waals surface area contributed by atoms with Crippen molar-refractivity contribution in [2.75, 3.05) is 14.2 Å². The number of rotatable bonds is 6. The molecule has 0 aliphatic carbocycles. The Bertz CT molecular complexity index is 844. The smallest absolute Gasteiger partial charge is 0.128 e. The van der Waals surface area contributed by atoms with Crippen molar-refractivity contribution in [2.45, 2.75) is 27.4 Å². The highest BCUT2D eigenvalue weighted by Gasteiger charge is 2.09. The summed E-state index contributed by atoms with van der Waals surface area (Å²) in [6.45, 7) is 6.44. The number of hydrogen-bond acceptors (Lipinski definition) is 4. The van der Waals surface area contributed by atoms with Crippen LogP contribution in [0, 0.1) is 6.92 Å². The van der Waals surface area contributed by atoms with Gasteiger partial charge in [-0.15, -0.1) is 0 Å². The molecule has 4 heteroatoms. The molecule has 1 heterocycles. The van der Waals surface area contributed by atoms with E-state index in [0.29, 0.717) is 6.61 Å². The molecule has 3 aromatic rings. The molecule has 0 saturated heterocycles. The molecule has 0 aliphatic heterocycles. The topological polar surface area (TPSA) is 40.6 Å². The first-order valence-electron chi connectivity index (χ1n) is 9.07. The number of hydrogen-bond donors (Lipinski definition) is 0. The van der Waals surface area contributed by atoms with Gasteiger partial charge in [0, 0.05) is 23.4 Å². The van der Waals surface area contributed by atoms with E-state index in [0.717, 1.165) is 39.8 Å². The second-order valence-corrected chi connectivity index (χ2v) is 5.67. The molecule has 27 heavy (non-hydrogen) atoms. The molecule has 4 nitrogen and oxygen atoms in total. The Kier molecular flexibility index (Phi) is 7.68. The molecule has 2 aromatic carbocycles. The van der Waals surface area contributed by atoms with E-state index in [-0.39, 0.29) is 0 Å². The van der Waals surface area contributed by atoms with Crippen LogP contribution in [0.15, 0.2) is 60.7 Å². The normalized spacial score (nSPS) is 9.81. The monoisotopic (exact) mass is 365 g/mol. The summed E-state index contributed by atoms with van der Waals surface area (Å²) < 4.78 is 16.6. The fourth-order valence-electron chi connectivity index (χ4n) is 2.60. The van der Waals surface area contributed by atoms with Gasteiger partial charge in [-0.1, -0.05) is 38.1 Å². The van der Waals surface area contributed by atoms with Crippen molar-refractivity contribution in [3.63, 3.8) is 0 Å². The maximum absolute atomic E-state index is 5.96. The second kappa shape index (κ2) is 10.2. The van der Waals surface area contributed by atoms with Crippen molar-refractivity contribution in [3.8, 4) is 28.5 Å². The molecule has 0 fully saturated rings. The van der Waals surface area contributed by atoms with E-state index in [4.69, 9.17) is 14.2 Å². The number of ether oxygens (including phenoxy) is 3. The Balaban J connectivity index is 0.00000126. The number of aromatic nitrogens is 1. The van der Waals surface area contributed by atoms with Gasteiger partial charge >= 0.3 is 0 Å². The largest absolute Gasteiger partial charge is 0.497 e. The molecule has 3 rings (SSSR count). The van der Waals surface area contributed by atoms with E-state index < -0.39 is 0 Å². The highest BCUT2D eigenvalue weighted by atomic mass is 16.5. The van der Waals surface area contributed by atoms with Crippen LogP contribution in [0.25, 0.3) is 11.3 Å². The zero-order valence-corrected chi connectivity index (χ0v) is 16.7. The van der Waals surface area contributed by atoms with Crippen LogP contribution < -0.4 is 14.2 Å². The third kappa shape index (κ3) is 5.48. The lowest BCUT2D eigenvalue weighted by atomic mass is 10.1. The van der Waals surface area contributed by atoms with Crippen LogP contribution in [0.4, 0.5) is 0 Å². The second-order valence-electron chi connectivity index (χ2n) is 5.67. The highest BCUT2D eigenvalue weighted by Crippen LogP contribution is 2.31. The van der Waals surface area contributed by atoms with Gasteiger partial charge in [-0.05, 0) is 36.8 Å². The Hall–Kier alpha value is -3.01. The third-order valence-corrected chi connectivity index (χ3v) is 3.87. The predicted molar refractivity (Wildman–Crippen MR) is 110 cm³/mol. The molecule has 142 valence electrons. The van der Waals surface area contributed by atoms with Crippen molar-refractivity contribution >= 4 is 0 Å². The molecular formula is C23H27NO3. The zero-order valence-electron chi connectivity index (χ0n) is 16.7. The van der Waals surface area contributed by atoms with Gasteiger partial charge in [0.25, 0.3) is 0 Å². The summed E-state index contributed by atoms with van der Waals surface area (Å²) in [5.41, 5.74) is 3.76. The van der Waals surface area contributed by atoms with E-state index in [2.05, 4.69) is 4.98 Å². The molecule has 0 atom stereocenters. The number of pyridine rings is 1. The SMILES string of the molecule is CC.COc1ccc(COc2cc(C)nc(-c3ccccc3OC)c2)cc1. The number of methoxy groups -OCH3 is 2. The minimum absolute atomic E-state index is 0.485. The Morgan fingerprint density at radius 3 is 2.19 bits per heavy atom. The van der Waals surface area contributed by atoms with E-state index >= 15 is 0 Å². The van der Waals surface area contributed by atoms with Crippen LogP contribution in [0.2, 0.25) is 0 Å². The Morgan fingerprint density at radius 2 is 1.52 bits per heavy atom. The Labute approximate surface area is 161 Å². The molecular weight excluding hydrogens is 338 g/mol. The lowest BCUT2D eigenvalue weighted by Crippen LogP contribution is -1.98. The Morgan fingerprint density at radius 1 is 0.815 bits per heavy atom. The van der Waals surface area contributed by atoms with Gasteiger partial charge in [-0.25, -0.2) is 0 Å². The molecule has 0 N–H and O–H groups in total. The molecule has 0 spiro atoms. The molecule has 0 bridgehead atoms. The first-order valence-corrected chi connectivity index (χ1v) is 9.07. The van der Waals surface area contributed by atoms with Crippen LogP contribution >= 0.6 is 0 Å². The van der Waals surface area contributed by atoms with Gasteiger partial charge in [0.15, 0.2) is 0 Å². The summed E-state index contributed by atoms with van der Waals surface area (Å²) in [4.78, 5) is 4.61. The average Bonchev–Trinajstić information content (AvgIpc) is 2.73.